The molecule has 0 bridgehead atoms. The highest BCUT2D eigenvalue weighted by Gasteiger charge is 2.12. The fourth-order valence-corrected chi connectivity index (χ4v) is 3.01. The highest BCUT2D eigenvalue weighted by molar-refractivity contribution is 7.14. The van der Waals surface area contributed by atoms with Crippen LogP contribution in [0.4, 0.5) is 10.8 Å². The van der Waals surface area contributed by atoms with Crippen LogP contribution in [-0.4, -0.2) is 37.1 Å². The number of hydrogen-bond donors (Lipinski definition) is 3. The van der Waals surface area contributed by atoms with Gasteiger partial charge in [0.2, 0.25) is 0 Å². The molecule has 2 rings (SSSR count). The number of likely N-dealkylation sites (N-methyl/N-ethyl adjacent to an activating group) is 1. The number of benzene rings is 1. The smallest absolute Gasteiger partial charge is 0.271 e. The summed E-state index contributed by atoms with van der Waals surface area (Å²) in [5.41, 5.74) is 2.63. The SMILES string of the molecule is CC[NH+](CC)CCNC(=O)c1csc(Nc2ccccc2C)n1. The van der Waals surface area contributed by atoms with Gasteiger partial charge in [0.15, 0.2) is 5.13 Å². The predicted octanol–water partition coefficient (Wildman–Crippen LogP) is 1.85. The van der Waals surface area contributed by atoms with Crippen LogP contribution in [0.5, 0.6) is 0 Å². The number of thiazole rings is 1. The molecular formula is C17H25N4OS+. The lowest BCUT2D eigenvalue weighted by Gasteiger charge is -2.15. The van der Waals surface area contributed by atoms with Gasteiger partial charge in [-0.05, 0) is 32.4 Å². The molecule has 0 saturated heterocycles. The molecule has 1 aromatic carbocycles. The average Bonchev–Trinajstić information content (AvgIpc) is 3.02. The first kappa shape index (κ1) is 17.4. The molecule has 23 heavy (non-hydrogen) atoms. The molecule has 0 saturated carbocycles. The molecule has 124 valence electrons. The van der Waals surface area contributed by atoms with Gasteiger partial charge in [-0.15, -0.1) is 11.3 Å². The number of carbonyl (C=O) groups is 1. The van der Waals surface area contributed by atoms with Crippen molar-refractivity contribution in [1.29, 1.82) is 0 Å². The molecular weight excluding hydrogens is 308 g/mol. The fraction of sp³-hybridized carbons (Fsp3) is 0.412. The van der Waals surface area contributed by atoms with Crippen LogP contribution in [-0.2, 0) is 0 Å². The van der Waals surface area contributed by atoms with Crippen LogP contribution in [0.2, 0.25) is 0 Å². The third kappa shape index (κ3) is 5.04. The molecule has 0 fully saturated rings. The summed E-state index contributed by atoms with van der Waals surface area (Å²) in [6.07, 6.45) is 0. The van der Waals surface area contributed by atoms with Gasteiger partial charge in [-0.3, -0.25) is 4.79 Å². The summed E-state index contributed by atoms with van der Waals surface area (Å²) in [5, 5.41) is 8.73. The highest BCUT2D eigenvalue weighted by Crippen LogP contribution is 2.23. The van der Waals surface area contributed by atoms with Crippen LogP contribution >= 0.6 is 11.3 Å². The van der Waals surface area contributed by atoms with Gasteiger partial charge in [0.25, 0.3) is 5.91 Å². The molecule has 1 heterocycles. The lowest BCUT2D eigenvalue weighted by molar-refractivity contribution is -0.895. The van der Waals surface area contributed by atoms with E-state index in [2.05, 4.69) is 29.5 Å². The molecule has 0 aliphatic heterocycles. The van der Waals surface area contributed by atoms with E-state index in [-0.39, 0.29) is 5.91 Å². The number of hydrogen-bond acceptors (Lipinski definition) is 4. The van der Waals surface area contributed by atoms with Gasteiger partial charge in [-0.25, -0.2) is 4.98 Å². The molecule has 0 unspecified atom stereocenters. The van der Waals surface area contributed by atoms with Crippen molar-refractivity contribution in [2.24, 2.45) is 0 Å². The zero-order valence-electron chi connectivity index (χ0n) is 14.0. The van der Waals surface area contributed by atoms with Crippen molar-refractivity contribution in [2.75, 3.05) is 31.5 Å². The van der Waals surface area contributed by atoms with E-state index in [1.165, 1.54) is 16.2 Å². The predicted molar refractivity (Wildman–Crippen MR) is 95.8 cm³/mol. The van der Waals surface area contributed by atoms with Crippen molar-refractivity contribution >= 4 is 28.1 Å². The normalized spacial score (nSPS) is 10.8. The van der Waals surface area contributed by atoms with Crippen molar-refractivity contribution in [1.82, 2.24) is 10.3 Å². The van der Waals surface area contributed by atoms with Crippen LogP contribution in [0.15, 0.2) is 29.6 Å². The van der Waals surface area contributed by atoms with Crippen molar-refractivity contribution in [3.05, 3.63) is 40.9 Å². The van der Waals surface area contributed by atoms with Crippen molar-refractivity contribution in [3.8, 4) is 0 Å². The molecule has 0 aliphatic rings. The number of nitrogens with zero attached hydrogens (tertiary/aromatic N) is 1. The van der Waals surface area contributed by atoms with Gasteiger partial charge >= 0.3 is 0 Å². The number of aromatic nitrogens is 1. The molecule has 5 nitrogen and oxygen atoms in total. The Labute approximate surface area is 141 Å². The molecule has 1 aromatic heterocycles. The third-order valence-corrected chi connectivity index (χ3v) is 4.65. The highest BCUT2D eigenvalue weighted by atomic mass is 32.1. The Morgan fingerprint density at radius 1 is 1.26 bits per heavy atom. The van der Waals surface area contributed by atoms with Crippen LogP contribution in [0.25, 0.3) is 0 Å². The summed E-state index contributed by atoms with van der Waals surface area (Å²) in [5.74, 6) is -0.106. The summed E-state index contributed by atoms with van der Waals surface area (Å²) < 4.78 is 0. The summed E-state index contributed by atoms with van der Waals surface area (Å²) in [6.45, 7) is 10.1. The summed E-state index contributed by atoms with van der Waals surface area (Å²) in [7, 11) is 0. The van der Waals surface area contributed by atoms with E-state index in [0.717, 1.165) is 36.0 Å². The Balaban J connectivity index is 1.89. The maximum absolute atomic E-state index is 12.1. The number of amides is 1. The zero-order valence-corrected chi connectivity index (χ0v) is 14.8. The number of nitrogens with one attached hydrogen (secondary N) is 3. The second-order valence-corrected chi connectivity index (χ2v) is 6.30. The minimum atomic E-state index is -0.106. The molecule has 3 N–H and O–H groups in total. The van der Waals surface area contributed by atoms with E-state index < -0.39 is 0 Å². The number of aryl methyl sites for hydroxylation is 1. The van der Waals surface area contributed by atoms with Gasteiger partial charge in [0, 0.05) is 11.1 Å². The summed E-state index contributed by atoms with van der Waals surface area (Å²) >= 11 is 1.44. The van der Waals surface area contributed by atoms with E-state index in [9.17, 15) is 4.79 Å². The quantitative estimate of drug-likeness (QED) is 0.691. The number of quaternary nitrogens is 1. The summed E-state index contributed by atoms with van der Waals surface area (Å²) in [4.78, 5) is 18.0. The fourth-order valence-electron chi connectivity index (χ4n) is 2.31. The van der Waals surface area contributed by atoms with E-state index in [0.29, 0.717) is 12.2 Å². The maximum Gasteiger partial charge on any atom is 0.271 e. The van der Waals surface area contributed by atoms with Crippen LogP contribution < -0.4 is 15.5 Å². The Bertz CT molecular complexity index is 637. The van der Waals surface area contributed by atoms with Gasteiger partial charge < -0.3 is 15.5 Å². The molecule has 0 aliphatic carbocycles. The topological polar surface area (TPSA) is 58.5 Å². The lowest BCUT2D eigenvalue weighted by Crippen LogP contribution is -3.12. The van der Waals surface area contributed by atoms with Crippen LogP contribution in [0.3, 0.4) is 0 Å². The first-order valence-electron chi connectivity index (χ1n) is 8.04. The summed E-state index contributed by atoms with van der Waals surface area (Å²) in [6, 6.07) is 8.02. The minimum absolute atomic E-state index is 0.106. The first-order valence-corrected chi connectivity index (χ1v) is 8.92. The lowest BCUT2D eigenvalue weighted by atomic mass is 10.2. The third-order valence-electron chi connectivity index (χ3n) is 3.89. The minimum Gasteiger partial charge on any atom is -0.345 e. The van der Waals surface area contributed by atoms with Crippen molar-refractivity contribution in [3.63, 3.8) is 0 Å². The Morgan fingerprint density at radius 2 is 2.00 bits per heavy atom. The van der Waals surface area contributed by atoms with Gasteiger partial charge in [-0.2, -0.15) is 0 Å². The second-order valence-electron chi connectivity index (χ2n) is 5.44. The standard InChI is InChI=1S/C17H24N4OS/c1-4-21(5-2)11-10-18-16(22)15-12-23-17(20-15)19-14-9-7-6-8-13(14)3/h6-9,12H,4-5,10-11H2,1-3H3,(H,18,22)(H,19,20)/p+1. The van der Waals surface area contributed by atoms with E-state index in [1.54, 1.807) is 5.38 Å². The maximum atomic E-state index is 12.1. The first-order chi connectivity index (χ1) is 11.1. The molecule has 0 radical (unpaired) electrons. The number of rotatable bonds is 8. The van der Waals surface area contributed by atoms with Crippen molar-refractivity contribution in [2.45, 2.75) is 20.8 Å². The molecule has 0 spiro atoms. The Morgan fingerprint density at radius 3 is 2.70 bits per heavy atom. The van der Waals surface area contributed by atoms with E-state index in [4.69, 9.17) is 0 Å². The zero-order chi connectivity index (χ0) is 16.7. The molecule has 6 heteroatoms. The molecule has 1 amide bonds. The van der Waals surface area contributed by atoms with Gasteiger partial charge in [-0.1, -0.05) is 18.2 Å². The van der Waals surface area contributed by atoms with E-state index in [1.807, 2.05) is 31.2 Å². The van der Waals surface area contributed by atoms with Crippen LogP contribution in [0.1, 0.15) is 29.9 Å². The van der Waals surface area contributed by atoms with Crippen molar-refractivity contribution < 1.29 is 9.69 Å². The van der Waals surface area contributed by atoms with Crippen LogP contribution in [0, 0.1) is 6.92 Å². The largest absolute Gasteiger partial charge is 0.345 e. The van der Waals surface area contributed by atoms with Gasteiger partial charge in [0.1, 0.15) is 5.69 Å². The number of carbonyl (C=O) groups excluding carboxylic acids is 1. The number of anilines is 2. The monoisotopic (exact) mass is 333 g/mol. The molecule has 2 aromatic rings. The molecule has 0 atom stereocenters. The average molecular weight is 333 g/mol. The Hall–Kier alpha value is -1.92. The second kappa shape index (κ2) is 8.64. The Kier molecular flexibility index (Phi) is 6.55. The van der Waals surface area contributed by atoms with E-state index >= 15 is 0 Å². The van der Waals surface area contributed by atoms with Gasteiger partial charge in [0.05, 0.1) is 26.2 Å². The number of para-hydroxylation sites is 1.